The summed E-state index contributed by atoms with van der Waals surface area (Å²) in [4.78, 5) is 16.7. The van der Waals surface area contributed by atoms with Crippen LogP contribution in [0, 0.1) is 5.82 Å². The van der Waals surface area contributed by atoms with Crippen molar-refractivity contribution in [3.63, 3.8) is 0 Å². The minimum atomic E-state index is -1.27. The van der Waals surface area contributed by atoms with Gasteiger partial charge in [-0.25, -0.2) is 14.2 Å². The van der Waals surface area contributed by atoms with Crippen LogP contribution < -0.4 is 4.90 Å². The number of aromatic nitrogens is 2. The zero-order chi connectivity index (χ0) is 14.0. The van der Waals surface area contributed by atoms with E-state index in [1.807, 2.05) is 17.8 Å². The third kappa shape index (κ3) is 2.73. The molecular weight excluding hydrogens is 249 g/mol. The molecule has 0 amide bonds. The highest BCUT2D eigenvalue weighted by atomic mass is 19.1. The third-order valence-electron chi connectivity index (χ3n) is 2.92. The number of hydrogen-bond acceptors (Lipinski definition) is 3. The van der Waals surface area contributed by atoms with Crippen molar-refractivity contribution in [2.75, 3.05) is 11.9 Å². The van der Waals surface area contributed by atoms with E-state index in [0.717, 1.165) is 5.82 Å². The first-order valence-electron chi connectivity index (χ1n) is 5.69. The summed E-state index contributed by atoms with van der Waals surface area (Å²) in [5.41, 5.74) is 0.277. The molecule has 2 aromatic rings. The van der Waals surface area contributed by atoms with Gasteiger partial charge in [0, 0.05) is 32.2 Å². The number of imidazole rings is 1. The second-order valence-electron chi connectivity index (χ2n) is 4.28. The molecule has 0 aliphatic heterocycles. The van der Waals surface area contributed by atoms with E-state index in [4.69, 9.17) is 5.11 Å². The first-order chi connectivity index (χ1) is 8.99. The predicted molar refractivity (Wildman–Crippen MR) is 68.7 cm³/mol. The van der Waals surface area contributed by atoms with Crippen molar-refractivity contribution in [2.45, 2.75) is 6.54 Å². The highest BCUT2D eigenvalue weighted by Gasteiger charge is 2.13. The molecular formula is C13H14FN3O2. The van der Waals surface area contributed by atoms with Crippen molar-refractivity contribution in [2.24, 2.45) is 7.05 Å². The quantitative estimate of drug-likeness (QED) is 0.915. The molecule has 19 heavy (non-hydrogen) atoms. The van der Waals surface area contributed by atoms with Crippen LogP contribution >= 0.6 is 0 Å². The number of benzene rings is 1. The highest BCUT2D eigenvalue weighted by molar-refractivity contribution is 5.88. The van der Waals surface area contributed by atoms with Gasteiger partial charge in [0.2, 0.25) is 0 Å². The minimum Gasteiger partial charge on any atom is -0.478 e. The topological polar surface area (TPSA) is 58.4 Å². The molecule has 100 valence electrons. The van der Waals surface area contributed by atoms with Crippen LogP contribution in [0.25, 0.3) is 0 Å². The number of rotatable bonds is 4. The maximum Gasteiger partial charge on any atom is 0.338 e. The second kappa shape index (κ2) is 5.09. The van der Waals surface area contributed by atoms with Crippen LogP contribution in [0.2, 0.25) is 0 Å². The van der Waals surface area contributed by atoms with Crippen LogP contribution in [-0.2, 0) is 13.6 Å². The molecule has 0 spiro atoms. The Morgan fingerprint density at radius 3 is 2.79 bits per heavy atom. The van der Waals surface area contributed by atoms with Crippen LogP contribution in [0.4, 0.5) is 10.1 Å². The van der Waals surface area contributed by atoms with Gasteiger partial charge in [-0.3, -0.25) is 0 Å². The van der Waals surface area contributed by atoms with Gasteiger partial charge < -0.3 is 14.6 Å². The van der Waals surface area contributed by atoms with Crippen LogP contribution in [0.5, 0.6) is 0 Å². The zero-order valence-electron chi connectivity index (χ0n) is 10.7. The highest BCUT2D eigenvalue weighted by Crippen LogP contribution is 2.19. The summed E-state index contributed by atoms with van der Waals surface area (Å²) in [6.45, 7) is 0.509. The van der Waals surface area contributed by atoms with E-state index >= 15 is 0 Å². The minimum absolute atomic E-state index is 0.325. The standard InChI is InChI=1S/C13H14FN3O2/c1-16-6-5-15-12(16)8-17(2)9-3-4-10(13(18)19)11(14)7-9/h3-7H,8H2,1-2H3,(H,18,19). The fourth-order valence-electron chi connectivity index (χ4n) is 1.77. The molecule has 2 rings (SSSR count). The molecule has 0 aliphatic rings. The maximum absolute atomic E-state index is 13.6. The predicted octanol–water partition coefficient (Wildman–Crippen LogP) is 1.89. The van der Waals surface area contributed by atoms with Gasteiger partial charge >= 0.3 is 5.97 Å². The van der Waals surface area contributed by atoms with Gasteiger partial charge in [-0.05, 0) is 18.2 Å². The molecule has 0 aliphatic carbocycles. The lowest BCUT2D eigenvalue weighted by atomic mass is 10.2. The third-order valence-corrected chi connectivity index (χ3v) is 2.92. The summed E-state index contributed by atoms with van der Waals surface area (Å²) in [7, 11) is 3.67. The average Bonchev–Trinajstić information content (AvgIpc) is 2.74. The molecule has 0 saturated carbocycles. The Morgan fingerprint density at radius 2 is 2.26 bits per heavy atom. The lowest BCUT2D eigenvalue weighted by Gasteiger charge is -2.19. The normalized spacial score (nSPS) is 10.5. The lowest BCUT2D eigenvalue weighted by molar-refractivity contribution is 0.0692. The fraction of sp³-hybridized carbons (Fsp3) is 0.231. The molecule has 1 aromatic heterocycles. The van der Waals surface area contributed by atoms with Crippen molar-refractivity contribution in [1.82, 2.24) is 9.55 Å². The van der Waals surface area contributed by atoms with Crippen LogP contribution in [0.3, 0.4) is 0 Å². The van der Waals surface area contributed by atoms with Crippen molar-refractivity contribution in [3.8, 4) is 0 Å². The van der Waals surface area contributed by atoms with E-state index < -0.39 is 11.8 Å². The number of halogens is 1. The maximum atomic E-state index is 13.6. The monoisotopic (exact) mass is 263 g/mol. The molecule has 6 heteroatoms. The number of hydrogen-bond donors (Lipinski definition) is 1. The van der Waals surface area contributed by atoms with Gasteiger partial charge in [0.25, 0.3) is 0 Å². The molecule has 5 nitrogen and oxygen atoms in total. The molecule has 0 unspecified atom stereocenters. The first kappa shape index (κ1) is 13.1. The Balaban J connectivity index is 2.20. The van der Waals surface area contributed by atoms with Crippen molar-refractivity contribution >= 4 is 11.7 Å². The van der Waals surface area contributed by atoms with E-state index in [0.29, 0.717) is 12.2 Å². The summed E-state index contributed by atoms with van der Waals surface area (Å²) in [5, 5.41) is 8.77. The van der Waals surface area contributed by atoms with Gasteiger partial charge in [-0.2, -0.15) is 0 Å². The van der Waals surface area contributed by atoms with E-state index in [1.165, 1.54) is 12.1 Å². The van der Waals surface area contributed by atoms with Gasteiger partial charge in [0.05, 0.1) is 12.1 Å². The van der Waals surface area contributed by atoms with Gasteiger partial charge in [0.1, 0.15) is 11.6 Å². The Kier molecular flexibility index (Phi) is 3.50. The fourth-order valence-corrected chi connectivity index (χ4v) is 1.77. The van der Waals surface area contributed by atoms with Gasteiger partial charge in [0.15, 0.2) is 0 Å². The van der Waals surface area contributed by atoms with Gasteiger partial charge in [-0.15, -0.1) is 0 Å². The Morgan fingerprint density at radius 1 is 1.53 bits per heavy atom. The number of aryl methyl sites for hydroxylation is 1. The first-order valence-corrected chi connectivity index (χ1v) is 5.69. The SMILES string of the molecule is CN(Cc1nccn1C)c1ccc(C(=O)O)c(F)c1. The summed E-state index contributed by atoms with van der Waals surface area (Å²) >= 11 is 0. The van der Waals surface area contributed by atoms with E-state index in [2.05, 4.69) is 4.98 Å². The lowest BCUT2D eigenvalue weighted by Crippen LogP contribution is -2.19. The largest absolute Gasteiger partial charge is 0.478 e. The molecule has 0 bridgehead atoms. The van der Waals surface area contributed by atoms with Gasteiger partial charge in [-0.1, -0.05) is 0 Å². The Hall–Kier alpha value is -2.37. The number of carboxylic acids is 1. The number of carbonyl (C=O) groups is 1. The number of aromatic carboxylic acids is 1. The van der Waals surface area contributed by atoms with Crippen molar-refractivity contribution in [1.29, 1.82) is 0 Å². The average molecular weight is 263 g/mol. The summed E-state index contributed by atoms with van der Waals surface area (Å²) < 4.78 is 15.5. The number of nitrogens with zero attached hydrogens (tertiary/aromatic N) is 3. The summed E-state index contributed by atoms with van der Waals surface area (Å²) in [6, 6.07) is 4.06. The Labute approximate surface area is 109 Å². The van der Waals surface area contributed by atoms with Crippen molar-refractivity contribution < 1.29 is 14.3 Å². The van der Waals surface area contributed by atoms with E-state index in [9.17, 15) is 9.18 Å². The van der Waals surface area contributed by atoms with E-state index in [-0.39, 0.29) is 5.56 Å². The molecule has 1 N–H and O–H groups in total. The van der Waals surface area contributed by atoms with Crippen LogP contribution in [0.1, 0.15) is 16.2 Å². The summed E-state index contributed by atoms with van der Waals surface area (Å²) in [6.07, 6.45) is 3.52. The molecule has 1 heterocycles. The van der Waals surface area contributed by atoms with E-state index in [1.54, 1.807) is 24.2 Å². The molecule has 0 fully saturated rings. The molecule has 1 aromatic carbocycles. The molecule has 0 saturated heterocycles. The molecule has 0 atom stereocenters. The zero-order valence-corrected chi connectivity index (χ0v) is 10.7. The summed E-state index contributed by atoms with van der Waals surface area (Å²) in [5.74, 6) is -1.17. The van der Waals surface area contributed by atoms with Crippen molar-refractivity contribution in [3.05, 3.63) is 47.8 Å². The van der Waals surface area contributed by atoms with Crippen LogP contribution in [-0.4, -0.2) is 27.7 Å². The smallest absolute Gasteiger partial charge is 0.338 e. The van der Waals surface area contributed by atoms with Crippen LogP contribution in [0.15, 0.2) is 30.6 Å². The Bertz CT molecular complexity index is 610. The second-order valence-corrected chi connectivity index (χ2v) is 4.28. The molecule has 0 radical (unpaired) electrons. The number of anilines is 1. The number of carboxylic acid groups (broad SMARTS) is 1.